The van der Waals surface area contributed by atoms with Crippen LogP contribution in [0.1, 0.15) is 32.1 Å². The van der Waals surface area contributed by atoms with Crippen LogP contribution >= 0.6 is 11.6 Å². The molecule has 0 saturated carbocycles. The van der Waals surface area contributed by atoms with Gasteiger partial charge in [-0.05, 0) is 25.7 Å². The molecule has 2 saturated heterocycles. The zero-order valence-corrected chi connectivity index (χ0v) is 9.71. The van der Waals surface area contributed by atoms with Crippen LogP contribution in [0.3, 0.4) is 0 Å². The molecule has 0 aliphatic carbocycles. The molecule has 2 aliphatic rings. The number of likely N-dealkylation sites (tertiary alicyclic amines) is 1. The molecule has 1 amide bonds. The van der Waals surface area contributed by atoms with Crippen LogP contribution in [0.4, 0.5) is 0 Å². The lowest BCUT2D eigenvalue weighted by Gasteiger charge is -2.16. The minimum atomic E-state index is 0.164. The summed E-state index contributed by atoms with van der Waals surface area (Å²) in [4.78, 5) is 13.6. The minimum Gasteiger partial charge on any atom is -0.378 e. The number of hydrogen-bond donors (Lipinski definition) is 0. The number of alkyl halides is 1. The van der Waals surface area contributed by atoms with Crippen molar-refractivity contribution in [3.63, 3.8) is 0 Å². The SMILES string of the molecule is O=C(CCC1CCCO1)N1CCC(Cl)C1. The molecule has 2 heterocycles. The maximum Gasteiger partial charge on any atom is 0.222 e. The first-order valence-corrected chi connectivity index (χ1v) is 6.23. The van der Waals surface area contributed by atoms with E-state index in [0.717, 1.165) is 45.4 Å². The second-order valence-electron chi connectivity index (χ2n) is 4.40. The van der Waals surface area contributed by atoms with Gasteiger partial charge in [-0.3, -0.25) is 4.79 Å². The lowest BCUT2D eigenvalue weighted by molar-refractivity contribution is -0.130. The molecule has 0 aromatic rings. The summed E-state index contributed by atoms with van der Waals surface area (Å²) in [5.74, 6) is 0.244. The Kier molecular flexibility index (Phi) is 3.87. The van der Waals surface area contributed by atoms with Gasteiger partial charge in [-0.1, -0.05) is 0 Å². The van der Waals surface area contributed by atoms with E-state index in [9.17, 15) is 4.79 Å². The summed E-state index contributed by atoms with van der Waals surface area (Å²) in [7, 11) is 0. The third-order valence-electron chi connectivity index (χ3n) is 3.19. The van der Waals surface area contributed by atoms with E-state index in [2.05, 4.69) is 0 Å². The molecule has 0 aromatic carbocycles. The van der Waals surface area contributed by atoms with E-state index in [1.807, 2.05) is 4.90 Å². The lowest BCUT2D eigenvalue weighted by atomic mass is 10.1. The molecule has 4 heteroatoms. The standard InChI is InChI=1S/C11H18ClNO2/c12-9-5-6-13(8-9)11(14)4-3-10-2-1-7-15-10/h9-10H,1-8H2. The van der Waals surface area contributed by atoms with Gasteiger partial charge in [0.15, 0.2) is 0 Å². The van der Waals surface area contributed by atoms with E-state index < -0.39 is 0 Å². The summed E-state index contributed by atoms with van der Waals surface area (Å²) in [5, 5.41) is 0.164. The van der Waals surface area contributed by atoms with Crippen LogP contribution in [-0.2, 0) is 9.53 Å². The zero-order valence-electron chi connectivity index (χ0n) is 8.95. The fourth-order valence-electron chi connectivity index (χ4n) is 2.26. The minimum absolute atomic E-state index is 0.164. The average molecular weight is 232 g/mol. The van der Waals surface area contributed by atoms with Gasteiger partial charge >= 0.3 is 0 Å². The Hall–Kier alpha value is -0.280. The summed E-state index contributed by atoms with van der Waals surface area (Å²) >= 11 is 5.96. The van der Waals surface area contributed by atoms with Gasteiger partial charge in [-0.25, -0.2) is 0 Å². The summed E-state index contributed by atoms with van der Waals surface area (Å²) in [6.07, 6.45) is 5.02. The van der Waals surface area contributed by atoms with Gasteiger partial charge in [0.2, 0.25) is 5.91 Å². The van der Waals surface area contributed by atoms with E-state index in [0.29, 0.717) is 12.5 Å². The van der Waals surface area contributed by atoms with Crippen LogP contribution in [0, 0.1) is 0 Å². The van der Waals surface area contributed by atoms with Crippen molar-refractivity contribution in [1.29, 1.82) is 0 Å². The molecule has 0 aromatic heterocycles. The fourth-order valence-corrected chi connectivity index (χ4v) is 2.52. The average Bonchev–Trinajstić information content (AvgIpc) is 2.84. The second kappa shape index (κ2) is 5.17. The Morgan fingerprint density at radius 3 is 2.93 bits per heavy atom. The first-order valence-electron chi connectivity index (χ1n) is 5.79. The summed E-state index contributed by atoms with van der Waals surface area (Å²) in [6.45, 7) is 2.43. The van der Waals surface area contributed by atoms with Gasteiger partial charge in [0.25, 0.3) is 0 Å². The van der Waals surface area contributed by atoms with Crippen LogP contribution in [-0.4, -0.2) is 42.0 Å². The Morgan fingerprint density at radius 1 is 1.47 bits per heavy atom. The monoisotopic (exact) mass is 231 g/mol. The van der Waals surface area contributed by atoms with Gasteiger partial charge in [0.1, 0.15) is 0 Å². The first-order chi connectivity index (χ1) is 7.25. The van der Waals surface area contributed by atoms with Crippen molar-refractivity contribution >= 4 is 17.5 Å². The smallest absolute Gasteiger partial charge is 0.222 e. The quantitative estimate of drug-likeness (QED) is 0.693. The maximum absolute atomic E-state index is 11.8. The Morgan fingerprint density at radius 2 is 2.33 bits per heavy atom. The topological polar surface area (TPSA) is 29.5 Å². The van der Waals surface area contributed by atoms with E-state index in [1.54, 1.807) is 0 Å². The number of carbonyl (C=O) groups is 1. The van der Waals surface area contributed by atoms with Crippen molar-refractivity contribution in [3.05, 3.63) is 0 Å². The second-order valence-corrected chi connectivity index (χ2v) is 5.02. The number of rotatable bonds is 3. The third kappa shape index (κ3) is 3.08. The highest BCUT2D eigenvalue weighted by molar-refractivity contribution is 6.21. The molecule has 2 unspecified atom stereocenters. The number of carbonyl (C=O) groups excluding carboxylic acids is 1. The number of ether oxygens (including phenoxy) is 1. The van der Waals surface area contributed by atoms with E-state index in [4.69, 9.17) is 16.3 Å². The number of nitrogens with zero attached hydrogens (tertiary/aromatic N) is 1. The zero-order chi connectivity index (χ0) is 10.7. The molecule has 0 spiro atoms. The fraction of sp³-hybridized carbons (Fsp3) is 0.909. The number of amides is 1. The Bertz CT molecular complexity index is 229. The van der Waals surface area contributed by atoms with Crippen LogP contribution in [0.2, 0.25) is 0 Å². The van der Waals surface area contributed by atoms with Gasteiger partial charge in [0.05, 0.1) is 11.5 Å². The van der Waals surface area contributed by atoms with Crippen molar-refractivity contribution < 1.29 is 9.53 Å². The van der Waals surface area contributed by atoms with Crippen molar-refractivity contribution in [2.75, 3.05) is 19.7 Å². The molecule has 0 N–H and O–H groups in total. The molecule has 0 radical (unpaired) electrons. The predicted octanol–water partition coefficient (Wildman–Crippen LogP) is 1.79. The van der Waals surface area contributed by atoms with Gasteiger partial charge in [0, 0.05) is 26.1 Å². The normalized spacial score (nSPS) is 31.1. The molecule has 2 fully saturated rings. The Labute approximate surface area is 95.7 Å². The van der Waals surface area contributed by atoms with Crippen LogP contribution < -0.4 is 0 Å². The number of halogens is 1. The highest BCUT2D eigenvalue weighted by Gasteiger charge is 2.25. The molecule has 3 nitrogen and oxygen atoms in total. The van der Waals surface area contributed by atoms with Gasteiger partial charge in [-0.15, -0.1) is 11.6 Å². The molecule has 2 atom stereocenters. The lowest BCUT2D eigenvalue weighted by Crippen LogP contribution is -2.29. The molecule has 2 aliphatic heterocycles. The highest BCUT2D eigenvalue weighted by atomic mass is 35.5. The highest BCUT2D eigenvalue weighted by Crippen LogP contribution is 2.20. The van der Waals surface area contributed by atoms with E-state index in [1.165, 1.54) is 0 Å². The molecule has 15 heavy (non-hydrogen) atoms. The largest absolute Gasteiger partial charge is 0.378 e. The summed E-state index contributed by atoms with van der Waals surface area (Å²) in [6, 6.07) is 0. The molecule has 0 bridgehead atoms. The third-order valence-corrected chi connectivity index (χ3v) is 3.54. The summed E-state index contributed by atoms with van der Waals surface area (Å²) < 4.78 is 5.49. The van der Waals surface area contributed by atoms with Crippen molar-refractivity contribution in [2.45, 2.75) is 43.6 Å². The summed E-state index contributed by atoms with van der Waals surface area (Å²) in [5.41, 5.74) is 0. The molecular formula is C11H18ClNO2. The molecule has 2 rings (SSSR count). The van der Waals surface area contributed by atoms with Gasteiger partial charge < -0.3 is 9.64 Å². The Balaban J connectivity index is 1.67. The first kappa shape index (κ1) is 11.2. The molecular weight excluding hydrogens is 214 g/mol. The van der Waals surface area contributed by atoms with E-state index >= 15 is 0 Å². The molecule has 86 valence electrons. The van der Waals surface area contributed by atoms with E-state index in [-0.39, 0.29) is 11.3 Å². The van der Waals surface area contributed by atoms with Crippen LogP contribution in [0.5, 0.6) is 0 Å². The maximum atomic E-state index is 11.8. The van der Waals surface area contributed by atoms with Crippen molar-refractivity contribution in [2.24, 2.45) is 0 Å². The van der Waals surface area contributed by atoms with Crippen molar-refractivity contribution in [1.82, 2.24) is 4.90 Å². The number of hydrogen-bond acceptors (Lipinski definition) is 2. The van der Waals surface area contributed by atoms with Crippen LogP contribution in [0.25, 0.3) is 0 Å². The van der Waals surface area contributed by atoms with Crippen molar-refractivity contribution in [3.8, 4) is 0 Å². The van der Waals surface area contributed by atoms with Crippen LogP contribution in [0.15, 0.2) is 0 Å². The predicted molar refractivity (Wildman–Crippen MR) is 59.0 cm³/mol. The van der Waals surface area contributed by atoms with Gasteiger partial charge in [-0.2, -0.15) is 0 Å².